The molecule has 7 heteroatoms. The lowest BCUT2D eigenvalue weighted by molar-refractivity contribution is 0.103. The molecule has 0 unspecified atom stereocenters. The largest absolute Gasteiger partial charge is 0.497 e. The summed E-state index contributed by atoms with van der Waals surface area (Å²) < 4.78 is 5.09. The molecule has 0 spiro atoms. The Morgan fingerprint density at radius 2 is 1.57 bits per heavy atom. The van der Waals surface area contributed by atoms with E-state index in [1.165, 1.54) is 6.07 Å². The average molecular weight is 415 g/mol. The fraction of sp³-hybridized carbons (Fsp3) is 0.0476. The predicted molar refractivity (Wildman–Crippen MR) is 112 cm³/mol. The molecule has 0 radical (unpaired) electrons. The lowest BCUT2D eigenvalue weighted by Gasteiger charge is -2.13. The summed E-state index contributed by atoms with van der Waals surface area (Å²) in [6, 6.07) is 17.7. The zero-order valence-electron chi connectivity index (χ0n) is 14.8. The number of ether oxygens (including phenoxy) is 1. The van der Waals surface area contributed by atoms with Crippen molar-refractivity contribution < 1.29 is 14.3 Å². The third kappa shape index (κ3) is 4.63. The monoisotopic (exact) mass is 414 g/mol. The predicted octanol–water partition coefficient (Wildman–Crippen LogP) is 5.88. The maximum Gasteiger partial charge on any atom is 0.323 e. The van der Waals surface area contributed by atoms with Crippen LogP contribution in [0.1, 0.15) is 15.9 Å². The van der Waals surface area contributed by atoms with Crippen LogP contribution in [0.3, 0.4) is 0 Å². The van der Waals surface area contributed by atoms with Crippen LogP contribution in [-0.4, -0.2) is 18.9 Å². The highest BCUT2D eigenvalue weighted by Gasteiger charge is 2.18. The van der Waals surface area contributed by atoms with Gasteiger partial charge in [0.05, 0.1) is 17.8 Å². The summed E-state index contributed by atoms with van der Waals surface area (Å²) in [4.78, 5) is 25.3. The molecule has 2 N–H and O–H groups in total. The summed E-state index contributed by atoms with van der Waals surface area (Å²) >= 11 is 12.2. The number of hydrogen-bond acceptors (Lipinski definition) is 3. The molecule has 0 heterocycles. The number of hydrogen-bond donors (Lipinski definition) is 2. The Bertz CT molecular complexity index is 1020. The molecule has 142 valence electrons. The number of halogens is 2. The lowest BCUT2D eigenvalue weighted by atomic mass is 10.0. The minimum Gasteiger partial charge on any atom is -0.497 e. The second-order valence-corrected chi connectivity index (χ2v) is 6.65. The Balaban J connectivity index is 1.83. The van der Waals surface area contributed by atoms with Crippen molar-refractivity contribution in [3.05, 3.63) is 87.9 Å². The molecular formula is C21H16Cl2N2O3. The van der Waals surface area contributed by atoms with E-state index in [2.05, 4.69) is 10.6 Å². The number of carbonyl (C=O) groups excluding carboxylic acids is 2. The lowest BCUT2D eigenvalue weighted by Crippen LogP contribution is -2.21. The third-order valence-corrected chi connectivity index (χ3v) is 4.51. The summed E-state index contributed by atoms with van der Waals surface area (Å²) in [6.45, 7) is 0. The number of amides is 2. The van der Waals surface area contributed by atoms with E-state index in [9.17, 15) is 9.59 Å². The van der Waals surface area contributed by atoms with Crippen molar-refractivity contribution >= 4 is 46.4 Å². The Morgan fingerprint density at radius 3 is 2.25 bits per heavy atom. The molecule has 0 saturated heterocycles. The fourth-order valence-corrected chi connectivity index (χ4v) is 2.96. The van der Waals surface area contributed by atoms with Crippen molar-refractivity contribution in [2.45, 2.75) is 0 Å². The normalized spacial score (nSPS) is 10.2. The molecule has 0 aliphatic carbocycles. The van der Waals surface area contributed by atoms with Crippen LogP contribution in [0, 0.1) is 0 Å². The number of carbonyl (C=O) groups is 2. The third-order valence-electron chi connectivity index (χ3n) is 3.94. The first-order chi connectivity index (χ1) is 13.5. The maximum absolute atomic E-state index is 12.9. The standard InChI is InChI=1S/C21H16Cl2N2O3/c1-28-15-9-7-14(8-10-15)24-21(27)25-19-11-6-13(22)12-17(19)20(26)16-4-2-3-5-18(16)23/h2-12H,1H3,(H2,24,25,27). The van der Waals surface area contributed by atoms with Crippen molar-refractivity contribution in [3.63, 3.8) is 0 Å². The Morgan fingerprint density at radius 1 is 0.857 bits per heavy atom. The number of nitrogens with one attached hydrogen (secondary N) is 2. The summed E-state index contributed by atoms with van der Waals surface area (Å²) in [5.41, 5.74) is 1.46. The van der Waals surface area contributed by atoms with Crippen LogP contribution in [0.2, 0.25) is 10.0 Å². The van der Waals surface area contributed by atoms with Gasteiger partial charge in [0.1, 0.15) is 5.75 Å². The van der Waals surface area contributed by atoms with Gasteiger partial charge in [-0.3, -0.25) is 4.79 Å². The number of rotatable bonds is 5. The second kappa shape index (κ2) is 8.78. The first-order valence-corrected chi connectivity index (χ1v) is 9.04. The van der Waals surface area contributed by atoms with Gasteiger partial charge in [-0.05, 0) is 54.6 Å². The highest BCUT2D eigenvalue weighted by Crippen LogP contribution is 2.27. The van der Waals surface area contributed by atoms with Crippen LogP contribution < -0.4 is 15.4 Å². The van der Waals surface area contributed by atoms with Crippen molar-refractivity contribution in [3.8, 4) is 5.75 Å². The molecule has 0 fully saturated rings. The molecule has 0 bridgehead atoms. The number of ketones is 1. The van der Waals surface area contributed by atoms with Gasteiger partial charge in [-0.15, -0.1) is 0 Å². The van der Waals surface area contributed by atoms with Crippen LogP contribution >= 0.6 is 23.2 Å². The molecule has 3 rings (SSSR count). The minimum atomic E-state index is -0.499. The molecule has 3 aromatic rings. The molecule has 0 aliphatic heterocycles. The second-order valence-electron chi connectivity index (χ2n) is 5.81. The van der Waals surface area contributed by atoms with Gasteiger partial charge in [-0.25, -0.2) is 4.79 Å². The highest BCUT2D eigenvalue weighted by molar-refractivity contribution is 6.36. The first-order valence-electron chi connectivity index (χ1n) is 8.29. The summed E-state index contributed by atoms with van der Waals surface area (Å²) in [5, 5.41) is 6.07. The zero-order chi connectivity index (χ0) is 20.1. The smallest absolute Gasteiger partial charge is 0.323 e. The van der Waals surface area contributed by atoms with Gasteiger partial charge in [-0.1, -0.05) is 35.3 Å². The minimum absolute atomic E-state index is 0.241. The molecule has 0 atom stereocenters. The van der Waals surface area contributed by atoms with Crippen LogP contribution in [0.4, 0.5) is 16.2 Å². The fourth-order valence-electron chi connectivity index (χ4n) is 2.56. The van der Waals surface area contributed by atoms with Crippen molar-refractivity contribution in [1.82, 2.24) is 0 Å². The molecule has 0 aliphatic rings. The van der Waals surface area contributed by atoms with Crippen molar-refractivity contribution in [1.29, 1.82) is 0 Å². The summed E-state index contributed by atoms with van der Waals surface area (Å²) in [7, 11) is 1.56. The van der Waals surface area contributed by atoms with Crippen LogP contribution in [0.25, 0.3) is 0 Å². The van der Waals surface area contributed by atoms with Crippen LogP contribution in [-0.2, 0) is 0 Å². The molecule has 2 amide bonds. The molecule has 3 aromatic carbocycles. The number of anilines is 2. The topological polar surface area (TPSA) is 67.4 Å². The van der Waals surface area contributed by atoms with E-state index in [1.54, 1.807) is 67.8 Å². The molecule has 0 saturated carbocycles. The quantitative estimate of drug-likeness (QED) is 0.512. The molecule has 0 aromatic heterocycles. The number of methoxy groups -OCH3 is 1. The van der Waals surface area contributed by atoms with E-state index in [-0.39, 0.29) is 11.3 Å². The SMILES string of the molecule is COc1ccc(NC(=O)Nc2ccc(Cl)cc2C(=O)c2ccccc2Cl)cc1. The Kier molecular flexibility index (Phi) is 6.19. The van der Waals surface area contributed by atoms with E-state index in [0.29, 0.717) is 32.7 Å². The van der Waals surface area contributed by atoms with Gasteiger partial charge in [0.15, 0.2) is 5.78 Å². The van der Waals surface area contributed by atoms with Crippen molar-refractivity contribution in [2.24, 2.45) is 0 Å². The van der Waals surface area contributed by atoms with E-state index in [0.717, 1.165) is 0 Å². The molecular weight excluding hydrogens is 399 g/mol. The molecule has 28 heavy (non-hydrogen) atoms. The van der Waals surface area contributed by atoms with Gasteiger partial charge in [0.25, 0.3) is 0 Å². The average Bonchev–Trinajstić information content (AvgIpc) is 2.70. The molecule has 5 nitrogen and oxygen atoms in total. The number of urea groups is 1. The first kappa shape index (κ1) is 19.7. The van der Waals surface area contributed by atoms with Crippen LogP contribution in [0.15, 0.2) is 66.7 Å². The highest BCUT2D eigenvalue weighted by atomic mass is 35.5. The zero-order valence-corrected chi connectivity index (χ0v) is 16.3. The van der Waals surface area contributed by atoms with E-state index in [4.69, 9.17) is 27.9 Å². The van der Waals surface area contributed by atoms with Gasteiger partial charge in [0.2, 0.25) is 0 Å². The van der Waals surface area contributed by atoms with Crippen molar-refractivity contribution in [2.75, 3.05) is 17.7 Å². The summed E-state index contributed by atoms with van der Waals surface area (Å²) in [6.07, 6.45) is 0. The van der Waals surface area contributed by atoms with Gasteiger partial charge < -0.3 is 15.4 Å². The number of benzene rings is 3. The summed E-state index contributed by atoms with van der Waals surface area (Å²) in [5.74, 6) is 0.337. The van der Waals surface area contributed by atoms with E-state index >= 15 is 0 Å². The van der Waals surface area contributed by atoms with Crippen LogP contribution in [0.5, 0.6) is 5.75 Å². The Hall–Kier alpha value is -3.02. The van der Waals surface area contributed by atoms with Gasteiger partial charge in [-0.2, -0.15) is 0 Å². The van der Waals surface area contributed by atoms with Gasteiger partial charge in [0, 0.05) is 21.8 Å². The van der Waals surface area contributed by atoms with E-state index in [1.807, 2.05) is 0 Å². The van der Waals surface area contributed by atoms with E-state index < -0.39 is 6.03 Å². The maximum atomic E-state index is 12.9. The Labute approximate surface area is 172 Å². The van der Waals surface area contributed by atoms with Gasteiger partial charge >= 0.3 is 6.03 Å².